The van der Waals surface area contributed by atoms with Gasteiger partial charge in [-0.25, -0.2) is 27.1 Å². The molecule has 0 spiro atoms. The number of carbonyl (C=O) groups is 2. The second-order valence-electron chi connectivity index (χ2n) is 10.8. The minimum Gasteiger partial charge on any atom is -0.467 e. The molecule has 1 aromatic heterocycles. The predicted octanol–water partition coefficient (Wildman–Crippen LogP) is 4.25. The van der Waals surface area contributed by atoms with Crippen molar-refractivity contribution in [2.45, 2.75) is 69.2 Å². The van der Waals surface area contributed by atoms with E-state index < -0.39 is 56.5 Å². The number of anilines is 1. The zero-order valence-electron chi connectivity index (χ0n) is 25.2. The Hall–Kier alpha value is -3.60. The number of primary sulfonamides is 1. The highest BCUT2D eigenvalue weighted by Crippen LogP contribution is 2.37. The summed E-state index contributed by atoms with van der Waals surface area (Å²) >= 11 is 6.11. The van der Waals surface area contributed by atoms with Crippen molar-refractivity contribution in [1.29, 1.82) is 0 Å². The summed E-state index contributed by atoms with van der Waals surface area (Å²) in [6, 6.07) is 7.02. The van der Waals surface area contributed by atoms with E-state index >= 15 is 0 Å². The van der Waals surface area contributed by atoms with Gasteiger partial charge >= 0.3 is 11.9 Å². The van der Waals surface area contributed by atoms with Crippen LogP contribution in [0.15, 0.2) is 58.0 Å². The minimum atomic E-state index is -4.26. The van der Waals surface area contributed by atoms with Gasteiger partial charge < -0.3 is 29.1 Å². The number of hydrogen-bond donors (Lipinski definition) is 3. The summed E-state index contributed by atoms with van der Waals surface area (Å²) in [5.74, 6) is -4.85. The lowest BCUT2D eigenvalue weighted by Crippen LogP contribution is -2.63. The van der Waals surface area contributed by atoms with E-state index in [1.54, 1.807) is 37.8 Å². The molecule has 1 aliphatic heterocycles. The maximum absolute atomic E-state index is 13.9. The average Bonchev–Trinajstić information content (AvgIpc) is 3.49. The van der Waals surface area contributed by atoms with Crippen LogP contribution in [-0.4, -0.2) is 61.9 Å². The third-order valence-electron chi connectivity index (χ3n) is 7.46. The largest absolute Gasteiger partial charge is 0.467 e. The topological polar surface area (TPSA) is 171 Å². The summed E-state index contributed by atoms with van der Waals surface area (Å²) in [7, 11) is -4.26. The number of rotatable bonds is 12. The van der Waals surface area contributed by atoms with Gasteiger partial charge in [-0.2, -0.15) is 0 Å². The van der Waals surface area contributed by atoms with E-state index in [0.29, 0.717) is 11.8 Å². The smallest absolute Gasteiger partial charge is 0.340 e. The molecule has 0 unspecified atom stereocenters. The van der Waals surface area contributed by atoms with E-state index in [1.165, 1.54) is 12.3 Å². The SMILES string of the molecule is C[C@@H]1CO[C@@](O)(c2cc(F)cc(F)c2)[C@H](C)N1[C@@H](C)OC(=O)CCCOC(=O)c1cc(S(N)(=O)=O)c(Cl)cc1NCc1ccco1. The Bertz CT molecular complexity index is 1660. The molecular formula is C30H34ClF2N3O9S. The van der Waals surface area contributed by atoms with Crippen LogP contribution in [0.25, 0.3) is 0 Å². The maximum Gasteiger partial charge on any atom is 0.340 e. The predicted molar refractivity (Wildman–Crippen MR) is 161 cm³/mol. The van der Waals surface area contributed by atoms with Crippen LogP contribution in [0.1, 0.15) is 55.3 Å². The van der Waals surface area contributed by atoms with Gasteiger partial charge in [0, 0.05) is 24.1 Å². The Morgan fingerprint density at radius 2 is 1.91 bits per heavy atom. The number of sulfonamides is 1. The van der Waals surface area contributed by atoms with Crippen molar-refractivity contribution in [2.24, 2.45) is 5.14 Å². The van der Waals surface area contributed by atoms with Crippen LogP contribution in [0.2, 0.25) is 5.02 Å². The van der Waals surface area contributed by atoms with E-state index in [4.69, 9.17) is 35.4 Å². The number of nitrogens with one attached hydrogen (secondary N) is 1. The number of ether oxygens (including phenoxy) is 3. The number of nitrogens with zero attached hydrogens (tertiary/aromatic N) is 1. The Labute approximate surface area is 269 Å². The maximum atomic E-state index is 13.9. The summed E-state index contributed by atoms with van der Waals surface area (Å²) in [6.07, 6.45) is 0.494. The molecule has 3 aromatic rings. The average molecular weight is 686 g/mol. The van der Waals surface area contributed by atoms with Crippen molar-refractivity contribution in [3.05, 3.63) is 82.3 Å². The first kappa shape index (κ1) is 35.3. The number of carbonyl (C=O) groups excluding carboxylic acids is 2. The minimum absolute atomic E-state index is 0.0208. The second kappa shape index (κ2) is 14.4. The molecule has 4 rings (SSSR count). The number of morpholine rings is 1. The van der Waals surface area contributed by atoms with Crippen molar-refractivity contribution >= 4 is 39.3 Å². The molecule has 0 aliphatic carbocycles. The van der Waals surface area contributed by atoms with Crippen LogP contribution < -0.4 is 10.5 Å². The van der Waals surface area contributed by atoms with E-state index in [9.17, 15) is 31.9 Å². The zero-order chi connectivity index (χ0) is 33.8. The van der Waals surface area contributed by atoms with Crippen molar-refractivity contribution < 1.29 is 50.5 Å². The lowest BCUT2D eigenvalue weighted by Gasteiger charge is -2.50. The third kappa shape index (κ3) is 8.21. The van der Waals surface area contributed by atoms with Crippen LogP contribution in [0.3, 0.4) is 0 Å². The summed E-state index contributed by atoms with van der Waals surface area (Å²) in [6.45, 7) is 4.86. The van der Waals surface area contributed by atoms with E-state index in [2.05, 4.69) is 5.32 Å². The highest BCUT2D eigenvalue weighted by atomic mass is 35.5. The highest BCUT2D eigenvalue weighted by Gasteiger charge is 2.48. The van der Waals surface area contributed by atoms with Gasteiger partial charge in [-0.3, -0.25) is 9.69 Å². The summed E-state index contributed by atoms with van der Waals surface area (Å²) < 4.78 is 73.6. The van der Waals surface area contributed by atoms with Gasteiger partial charge in [0.05, 0.1) is 48.3 Å². The summed E-state index contributed by atoms with van der Waals surface area (Å²) in [5, 5.41) is 19.3. The quantitative estimate of drug-likeness (QED) is 0.184. The van der Waals surface area contributed by atoms with Gasteiger partial charge in [0.15, 0.2) is 6.23 Å². The standard InChI is InChI=1S/C30H34ClF2N3O9S/c1-17-16-44-30(39,20-10-21(32)12-22(33)11-20)18(2)36(17)19(3)45-28(37)7-5-9-43-29(38)24-13-27(46(34,40)41)25(31)14-26(24)35-15-23-6-4-8-42-23/h4,6,8,10-14,17-19,35,39H,5,7,9,15-16H2,1-3H3,(H2,34,40,41)/t17-,18+,19-,30-/m1/s1. The molecule has 4 N–H and O–H groups in total. The number of nitrogens with two attached hydrogens (primary N) is 1. The first-order valence-corrected chi connectivity index (χ1v) is 16.1. The fourth-order valence-corrected chi connectivity index (χ4v) is 6.35. The fourth-order valence-electron chi connectivity index (χ4n) is 5.25. The molecule has 0 radical (unpaired) electrons. The van der Waals surface area contributed by atoms with E-state index in [0.717, 1.165) is 18.2 Å². The molecule has 2 aromatic carbocycles. The van der Waals surface area contributed by atoms with Crippen molar-refractivity contribution in [1.82, 2.24) is 4.90 Å². The number of hydrogen-bond acceptors (Lipinski definition) is 11. The van der Waals surface area contributed by atoms with Crippen molar-refractivity contribution in [3.8, 4) is 0 Å². The van der Waals surface area contributed by atoms with Gasteiger partial charge in [0.2, 0.25) is 15.8 Å². The molecule has 1 aliphatic rings. The Balaban J connectivity index is 1.35. The van der Waals surface area contributed by atoms with Crippen molar-refractivity contribution in [2.75, 3.05) is 18.5 Å². The van der Waals surface area contributed by atoms with Crippen LogP contribution in [-0.2, 0) is 41.4 Å². The Morgan fingerprint density at radius 3 is 2.54 bits per heavy atom. The lowest BCUT2D eigenvalue weighted by atomic mass is 9.94. The number of benzene rings is 2. The lowest BCUT2D eigenvalue weighted by molar-refractivity contribution is -0.303. The first-order chi connectivity index (χ1) is 21.6. The van der Waals surface area contributed by atoms with Gasteiger partial charge in [0.25, 0.3) is 0 Å². The van der Waals surface area contributed by atoms with Crippen LogP contribution in [0, 0.1) is 11.6 Å². The summed E-state index contributed by atoms with van der Waals surface area (Å²) in [5.41, 5.74) is -0.107. The van der Waals surface area contributed by atoms with Crippen molar-refractivity contribution in [3.63, 3.8) is 0 Å². The molecule has 1 fully saturated rings. The van der Waals surface area contributed by atoms with Crippen LogP contribution in [0.5, 0.6) is 0 Å². The second-order valence-corrected chi connectivity index (χ2v) is 12.7. The van der Waals surface area contributed by atoms with Crippen LogP contribution >= 0.6 is 11.6 Å². The number of esters is 2. The summed E-state index contributed by atoms with van der Waals surface area (Å²) in [4.78, 5) is 26.9. The monoisotopic (exact) mass is 685 g/mol. The number of aliphatic hydroxyl groups is 1. The van der Waals surface area contributed by atoms with E-state index in [-0.39, 0.29) is 60.5 Å². The molecule has 0 bridgehead atoms. The molecular weight excluding hydrogens is 652 g/mol. The zero-order valence-corrected chi connectivity index (χ0v) is 26.7. The molecule has 0 amide bonds. The molecule has 12 nitrogen and oxygen atoms in total. The van der Waals surface area contributed by atoms with Gasteiger partial charge in [-0.1, -0.05) is 11.6 Å². The van der Waals surface area contributed by atoms with E-state index in [1.807, 2.05) is 0 Å². The van der Waals surface area contributed by atoms with Gasteiger partial charge in [0.1, 0.15) is 22.3 Å². The Kier molecular flexibility index (Phi) is 11.1. The molecule has 2 heterocycles. The van der Waals surface area contributed by atoms with Crippen LogP contribution in [0.4, 0.5) is 14.5 Å². The van der Waals surface area contributed by atoms with Gasteiger partial charge in [-0.15, -0.1) is 0 Å². The molecule has 4 atom stereocenters. The van der Waals surface area contributed by atoms with Gasteiger partial charge in [-0.05, 0) is 63.6 Å². The molecule has 1 saturated heterocycles. The normalized spacial score (nSPS) is 21.0. The molecule has 250 valence electrons. The molecule has 46 heavy (non-hydrogen) atoms. The third-order valence-corrected chi connectivity index (χ3v) is 8.83. The fraction of sp³-hybridized carbons (Fsp3) is 0.400. The molecule has 0 saturated carbocycles. The number of furan rings is 1. The Morgan fingerprint density at radius 1 is 1.22 bits per heavy atom. The molecule has 16 heteroatoms. The highest BCUT2D eigenvalue weighted by molar-refractivity contribution is 7.89. The number of halogens is 3. The first-order valence-electron chi connectivity index (χ1n) is 14.2.